The third-order valence-electron chi connectivity index (χ3n) is 2.84. The molecule has 6 heteroatoms. The molecular formula is C13H19NO5. The SMILES string of the molecule is COCc1cc(C(CN)C(=O)O)c(OC)cc1OC. The van der Waals surface area contributed by atoms with Gasteiger partial charge in [-0.2, -0.15) is 0 Å². The van der Waals surface area contributed by atoms with Crippen LogP contribution in [0.2, 0.25) is 0 Å². The summed E-state index contributed by atoms with van der Waals surface area (Å²) in [6.07, 6.45) is 0. The van der Waals surface area contributed by atoms with Crippen LogP contribution in [0.15, 0.2) is 12.1 Å². The Bertz CT molecular complexity index is 447. The first-order valence-corrected chi connectivity index (χ1v) is 5.75. The van der Waals surface area contributed by atoms with Gasteiger partial charge in [0, 0.05) is 30.8 Å². The molecule has 0 aliphatic heterocycles. The Morgan fingerprint density at radius 2 is 1.89 bits per heavy atom. The summed E-state index contributed by atoms with van der Waals surface area (Å²) in [5.41, 5.74) is 6.79. The molecule has 0 fully saturated rings. The molecule has 0 saturated heterocycles. The minimum absolute atomic E-state index is 0.00948. The molecule has 3 N–H and O–H groups in total. The van der Waals surface area contributed by atoms with Crippen LogP contribution in [0.1, 0.15) is 17.0 Å². The lowest BCUT2D eigenvalue weighted by Crippen LogP contribution is -2.22. The van der Waals surface area contributed by atoms with Crippen molar-refractivity contribution in [2.75, 3.05) is 27.9 Å². The number of nitrogens with two attached hydrogens (primary N) is 1. The predicted octanol–water partition coefficient (Wildman–Crippen LogP) is 0.977. The molecule has 1 aromatic carbocycles. The fraction of sp³-hybridized carbons (Fsp3) is 0.462. The van der Waals surface area contributed by atoms with E-state index in [1.807, 2.05) is 0 Å². The Hall–Kier alpha value is -1.79. The monoisotopic (exact) mass is 269 g/mol. The van der Waals surface area contributed by atoms with E-state index >= 15 is 0 Å². The average Bonchev–Trinajstić information content (AvgIpc) is 2.39. The zero-order valence-corrected chi connectivity index (χ0v) is 11.3. The van der Waals surface area contributed by atoms with Crippen LogP contribution in [0, 0.1) is 0 Å². The van der Waals surface area contributed by atoms with Crippen molar-refractivity contribution < 1.29 is 24.1 Å². The normalized spacial score (nSPS) is 12.0. The molecule has 0 heterocycles. The van der Waals surface area contributed by atoms with Gasteiger partial charge in [-0.25, -0.2) is 0 Å². The number of rotatable bonds is 7. The van der Waals surface area contributed by atoms with Gasteiger partial charge in [-0.15, -0.1) is 0 Å². The highest BCUT2D eigenvalue weighted by molar-refractivity contribution is 5.78. The standard InChI is InChI=1S/C13H19NO5/c1-17-7-8-4-9(10(6-14)13(15)16)12(19-3)5-11(8)18-2/h4-5,10H,6-7,14H2,1-3H3,(H,15,16). The van der Waals surface area contributed by atoms with E-state index < -0.39 is 11.9 Å². The quantitative estimate of drug-likeness (QED) is 0.766. The van der Waals surface area contributed by atoms with E-state index in [-0.39, 0.29) is 6.54 Å². The van der Waals surface area contributed by atoms with Gasteiger partial charge in [-0.3, -0.25) is 4.79 Å². The number of aliphatic carboxylic acids is 1. The maximum atomic E-state index is 11.2. The summed E-state index contributed by atoms with van der Waals surface area (Å²) in [4.78, 5) is 11.2. The lowest BCUT2D eigenvalue weighted by Gasteiger charge is -2.18. The van der Waals surface area contributed by atoms with Gasteiger partial charge in [0.05, 0.1) is 26.7 Å². The van der Waals surface area contributed by atoms with Crippen LogP contribution in [-0.2, 0) is 16.1 Å². The molecule has 1 rings (SSSR count). The molecule has 0 aliphatic carbocycles. The maximum Gasteiger partial charge on any atom is 0.312 e. The highest BCUT2D eigenvalue weighted by Gasteiger charge is 2.24. The van der Waals surface area contributed by atoms with Crippen molar-refractivity contribution in [2.45, 2.75) is 12.5 Å². The number of hydrogen-bond acceptors (Lipinski definition) is 5. The van der Waals surface area contributed by atoms with Gasteiger partial charge in [0.15, 0.2) is 0 Å². The highest BCUT2D eigenvalue weighted by atomic mass is 16.5. The van der Waals surface area contributed by atoms with E-state index in [0.29, 0.717) is 23.7 Å². The summed E-state index contributed by atoms with van der Waals surface area (Å²) in [7, 11) is 4.57. The number of carboxylic acids is 1. The highest BCUT2D eigenvalue weighted by Crippen LogP contribution is 2.34. The van der Waals surface area contributed by atoms with Gasteiger partial charge < -0.3 is 25.1 Å². The fourth-order valence-electron chi connectivity index (χ4n) is 1.89. The van der Waals surface area contributed by atoms with Crippen LogP contribution >= 0.6 is 0 Å². The Morgan fingerprint density at radius 3 is 2.32 bits per heavy atom. The van der Waals surface area contributed by atoms with Crippen LogP contribution < -0.4 is 15.2 Å². The Labute approximate surface area is 112 Å². The molecule has 1 atom stereocenters. The summed E-state index contributed by atoms with van der Waals surface area (Å²) in [5, 5.41) is 9.20. The molecule has 0 saturated carbocycles. The summed E-state index contributed by atoms with van der Waals surface area (Å²) in [6.45, 7) is 0.307. The molecule has 1 aromatic rings. The van der Waals surface area contributed by atoms with Crippen molar-refractivity contribution >= 4 is 5.97 Å². The third-order valence-corrected chi connectivity index (χ3v) is 2.84. The fourth-order valence-corrected chi connectivity index (χ4v) is 1.89. The van der Waals surface area contributed by atoms with Crippen molar-refractivity contribution in [3.63, 3.8) is 0 Å². The van der Waals surface area contributed by atoms with Crippen LogP contribution in [0.4, 0.5) is 0 Å². The minimum atomic E-state index is -0.991. The van der Waals surface area contributed by atoms with Crippen molar-refractivity contribution in [3.05, 3.63) is 23.3 Å². The van der Waals surface area contributed by atoms with E-state index in [0.717, 1.165) is 5.56 Å². The number of benzene rings is 1. The summed E-state index contributed by atoms with van der Waals surface area (Å²) in [6, 6.07) is 3.35. The second kappa shape index (κ2) is 6.96. The van der Waals surface area contributed by atoms with Gasteiger partial charge in [0.2, 0.25) is 0 Å². The van der Waals surface area contributed by atoms with E-state index in [9.17, 15) is 9.90 Å². The van der Waals surface area contributed by atoms with Crippen molar-refractivity contribution in [2.24, 2.45) is 5.73 Å². The zero-order valence-electron chi connectivity index (χ0n) is 11.3. The topological polar surface area (TPSA) is 91.0 Å². The van der Waals surface area contributed by atoms with Gasteiger partial charge in [0.25, 0.3) is 0 Å². The molecule has 19 heavy (non-hydrogen) atoms. The molecule has 1 unspecified atom stereocenters. The van der Waals surface area contributed by atoms with Crippen molar-refractivity contribution in [3.8, 4) is 11.5 Å². The predicted molar refractivity (Wildman–Crippen MR) is 69.7 cm³/mol. The number of ether oxygens (including phenoxy) is 3. The van der Waals surface area contributed by atoms with Crippen molar-refractivity contribution in [1.29, 1.82) is 0 Å². The lowest BCUT2D eigenvalue weighted by molar-refractivity contribution is -0.138. The van der Waals surface area contributed by atoms with Gasteiger partial charge in [-0.1, -0.05) is 0 Å². The van der Waals surface area contributed by atoms with Crippen LogP contribution in [0.5, 0.6) is 11.5 Å². The Balaban J connectivity index is 3.35. The van der Waals surface area contributed by atoms with Crippen LogP contribution in [0.25, 0.3) is 0 Å². The summed E-state index contributed by atoms with van der Waals surface area (Å²) in [5.74, 6) is -0.788. The van der Waals surface area contributed by atoms with E-state index in [1.54, 1.807) is 19.2 Å². The first-order valence-electron chi connectivity index (χ1n) is 5.75. The number of carboxylic acid groups (broad SMARTS) is 1. The Morgan fingerprint density at radius 1 is 1.26 bits per heavy atom. The molecule has 106 valence electrons. The maximum absolute atomic E-state index is 11.2. The number of hydrogen-bond donors (Lipinski definition) is 2. The third kappa shape index (κ3) is 3.36. The zero-order chi connectivity index (χ0) is 14.4. The first kappa shape index (κ1) is 15.3. The van der Waals surface area contributed by atoms with Crippen LogP contribution in [-0.4, -0.2) is 38.9 Å². The molecule has 0 radical (unpaired) electrons. The average molecular weight is 269 g/mol. The second-order valence-electron chi connectivity index (χ2n) is 3.97. The van der Waals surface area contributed by atoms with E-state index in [2.05, 4.69) is 0 Å². The van der Waals surface area contributed by atoms with Gasteiger partial charge >= 0.3 is 5.97 Å². The number of methoxy groups -OCH3 is 3. The molecule has 0 aromatic heterocycles. The largest absolute Gasteiger partial charge is 0.496 e. The van der Waals surface area contributed by atoms with E-state index in [1.165, 1.54) is 14.2 Å². The Kier molecular flexibility index (Phi) is 5.59. The number of carbonyl (C=O) groups is 1. The van der Waals surface area contributed by atoms with Gasteiger partial charge in [-0.05, 0) is 6.07 Å². The van der Waals surface area contributed by atoms with Crippen LogP contribution in [0.3, 0.4) is 0 Å². The first-order chi connectivity index (χ1) is 9.08. The lowest BCUT2D eigenvalue weighted by atomic mass is 9.96. The van der Waals surface area contributed by atoms with Crippen molar-refractivity contribution in [1.82, 2.24) is 0 Å². The minimum Gasteiger partial charge on any atom is -0.496 e. The van der Waals surface area contributed by atoms with E-state index in [4.69, 9.17) is 19.9 Å². The van der Waals surface area contributed by atoms with Gasteiger partial charge in [0.1, 0.15) is 11.5 Å². The summed E-state index contributed by atoms with van der Waals surface area (Å²) < 4.78 is 15.5. The molecule has 0 amide bonds. The molecular weight excluding hydrogens is 250 g/mol. The smallest absolute Gasteiger partial charge is 0.312 e. The molecule has 0 spiro atoms. The summed E-state index contributed by atoms with van der Waals surface area (Å²) >= 11 is 0. The molecule has 0 bridgehead atoms. The molecule has 6 nitrogen and oxygen atoms in total. The second-order valence-corrected chi connectivity index (χ2v) is 3.97. The molecule has 0 aliphatic rings.